The summed E-state index contributed by atoms with van der Waals surface area (Å²) in [5.41, 5.74) is 0.913. The second kappa shape index (κ2) is 7.86. The number of fused-ring (bicyclic) bond motifs is 1. The highest BCUT2D eigenvalue weighted by molar-refractivity contribution is 6.36. The molecule has 1 amide bonds. The minimum atomic E-state index is -0.281. The van der Waals surface area contributed by atoms with Crippen LogP contribution in [0.25, 0.3) is 10.8 Å². The van der Waals surface area contributed by atoms with Crippen molar-refractivity contribution < 1.29 is 4.79 Å². The number of anilines is 1. The molecule has 0 bridgehead atoms. The molecule has 5 nitrogen and oxygen atoms in total. The summed E-state index contributed by atoms with van der Waals surface area (Å²) in [6.07, 6.45) is 1.80. The highest BCUT2D eigenvalue weighted by Crippen LogP contribution is 2.30. The fourth-order valence-electron chi connectivity index (χ4n) is 3.65. The number of nitrogens with one attached hydrogen (secondary N) is 2. The summed E-state index contributed by atoms with van der Waals surface area (Å²) >= 11 is 12.3. The fourth-order valence-corrected chi connectivity index (χ4v) is 4.18. The number of pyridine rings is 1. The van der Waals surface area contributed by atoms with Gasteiger partial charge in [0.25, 0.3) is 11.5 Å². The van der Waals surface area contributed by atoms with E-state index in [-0.39, 0.29) is 23.2 Å². The van der Waals surface area contributed by atoms with E-state index >= 15 is 0 Å². The largest absolute Gasteiger partial charge is 0.368 e. The molecule has 28 heavy (non-hydrogen) atoms. The van der Waals surface area contributed by atoms with Gasteiger partial charge in [-0.3, -0.25) is 9.59 Å². The number of amides is 1. The summed E-state index contributed by atoms with van der Waals surface area (Å²) in [7, 11) is 0. The number of rotatable bonds is 3. The average Bonchev–Trinajstić information content (AvgIpc) is 2.68. The Morgan fingerprint density at radius 1 is 1.14 bits per heavy atom. The van der Waals surface area contributed by atoms with Crippen molar-refractivity contribution in [2.24, 2.45) is 0 Å². The second-order valence-electron chi connectivity index (χ2n) is 6.95. The Morgan fingerprint density at radius 2 is 1.96 bits per heavy atom. The molecule has 2 N–H and O–H groups in total. The molecule has 7 heteroatoms. The normalized spacial score (nSPS) is 16.9. The number of H-pyrrole nitrogens is 1. The van der Waals surface area contributed by atoms with Crippen molar-refractivity contribution in [1.29, 1.82) is 0 Å². The Labute approximate surface area is 172 Å². The minimum Gasteiger partial charge on any atom is -0.368 e. The number of nitrogens with zero attached hydrogens (tertiary/aromatic N) is 1. The Balaban J connectivity index is 1.51. The molecule has 1 fully saturated rings. The number of piperidine rings is 1. The zero-order valence-corrected chi connectivity index (χ0v) is 16.6. The number of halogens is 2. The smallest absolute Gasteiger partial charge is 0.268 e. The van der Waals surface area contributed by atoms with E-state index in [0.717, 1.165) is 30.5 Å². The van der Waals surface area contributed by atoms with Crippen LogP contribution in [0.1, 0.15) is 23.3 Å². The lowest BCUT2D eigenvalue weighted by atomic mass is 10.0. The molecule has 1 aliphatic heterocycles. The maximum atomic E-state index is 12.7. The van der Waals surface area contributed by atoms with Crippen LogP contribution in [0.3, 0.4) is 0 Å². The van der Waals surface area contributed by atoms with E-state index in [0.29, 0.717) is 22.0 Å². The molecular weight excluding hydrogens is 397 g/mol. The van der Waals surface area contributed by atoms with Crippen LogP contribution in [-0.4, -0.2) is 30.0 Å². The van der Waals surface area contributed by atoms with E-state index in [1.54, 1.807) is 24.3 Å². The first-order valence-electron chi connectivity index (χ1n) is 9.14. The molecule has 1 aromatic heterocycles. The molecule has 144 valence electrons. The summed E-state index contributed by atoms with van der Waals surface area (Å²) in [4.78, 5) is 29.8. The van der Waals surface area contributed by atoms with Crippen molar-refractivity contribution in [2.45, 2.75) is 18.9 Å². The minimum absolute atomic E-state index is 0.0389. The highest BCUT2D eigenvalue weighted by atomic mass is 35.5. The number of aromatic amines is 1. The SMILES string of the molecule is O=C(NC1CCCN(c2ccc(Cl)cc2Cl)C1)c1cc2ccccc2c(=O)[nH]1. The maximum Gasteiger partial charge on any atom is 0.268 e. The standard InChI is InChI=1S/C21H19Cl2N3O2/c22-14-7-8-19(17(23)11-14)26-9-3-5-15(12-26)24-21(28)18-10-13-4-1-2-6-16(13)20(27)25-18/h1-2,4,6-8,10-11,15H,3,5,9,12H2,(H,24,28)(H,25,27). The molecule has 0 saturated carbocycles. The molecule has 0 aliphatic carbocycles. The van der Waals surface area contributed by atoms with Gasteiger partial charge < -0.3 is 15.2 Å². The van der Waals surface area contributed by atoms with E-state index in [4.69, 9.17) is 23.2 Å². The molecule has 1 unspecified atom stereocenters. The van der Waals surface area contributed by atoms with Crippen LogP contribution in [0.2, 0.25) is 10.0 Å². The van der Waals surface area contributed by atoms with Crippen molar-refractivity contribution in [3.8, 4) is 0 Å². The third kappa shape index (κ3) is 3.86. The first-order chi connectivity index (χ1) is 13.5. The monoisotopic (exact) mass is 415 g/mol. The fraction of sp³-hybridized carbons (Fsp3) is 0.238. The number of hydrogen-bond acceptors (Lipinski definition) is 3. The Hall–Kier alpha value is -2.50. The van der Waals surface area contributed by atoms with E-state index in [1.807, 2.05) is 24.3 Å². The highest BCUT2D eigenvalue weighted by Gasteiger charge is 2.24. The molecule has 2 heterocycles. The van der Waals surface area contributed by atoms with Gasteiger partial charge in [-0.1, -0.05) is 41.4 Å². The summed E-state index contributed by atoms with van der Waals surface area (Å²) in [6, 6.07) is 14.3. The van der Waals surface area contributed by atoms with E-state index < -0.39 is 0 Å². The third-order valence-corrected chi connectivity index (χ3v) is 5.54. The van der Waals surface area contributed by atoms with Gasteiger partial charge in [-0.15, -0.1) is 0 Å². The van der Waals surface area contributed by atoms with Gasteiger partial charge >= 0.3 is 0 Å². The van der Waals surface area contributed by atoms with Gasteiger partial charge in [0.2, 0.25) is 0 Å². The average molecular weight is 416 g/mol. The van der Waals surface area contributed by atoms with Crippen LogP contribution in [0, 0.1) is 0 Å². The number of aromatic nitrogens is 1. The van der Waals surface area contributed by atoms with Crippen LogP contribution >= 0.6 is 23.2 Å². The van der Waals surface area contributed by atoms with Crippen molar-refractivity contribution in [3.63, 3.8) is 0 Å². The van der Waals surface area contributed by atoms with E-state index in [9.17, 15) is 9.59 Å². The third-order valence-electron chi connectivity index (χ3n) is 5.01. The summed E-state index contributed by atoms with van der Waals surface area (Å²) in [5, 5.41) is 5.54. The van der Waals surface area contributed by atoms with Gasteiger partial charge in [0.15, 0.2) is 0 Å². The van der Waals surface area contributed by atoms with Crippen LogP contribution in [0.15, 0.2) is 53.3 Å². The topological polar surface area (TPSA) is 65.2 Å². The summed E-state index contributed by atoms with van der Waals surface area (Å²) < 4.78 is 0. The van der Waals surface area contributed by atoms with Crippen LogP contribution < -0.4 is 15.8 Å². The molecule has 1 saturated heterocycles. The van der Waals surface area contributed by atoms with Gasteiger partial charge in [-0.25, -0.2) is 0 Å². The number of hydrogen-bond donors (Lipinski definition) is 2. The Kier molecular flexibility index (Phi) is 5.29. The predicted octanol–water partition coefficient (Wildman–Crippen LogP) is 4.23. The molecule has 0 spiro atoms. The lowest BCUT2D eigenvalue weighted by Crippen LogP contribution is -2.48. The van der Waals surface area contributed by atoms with Crippen LogP contribution in [0.4, 0.5) is 5.69 Å². The van der Waals surface area contributed by atoms with Crippen LogP contribution in [0.5, 0.6) is 0 Å². The van der Waals surface area contributed by atoms with Gasteiger partial charge in [0.05, 0.1) is 10.7 Å². The molecular formula is C21H19Cl2N3O2. The van der Waals surface area contributed by atoms with Crippen molar-refractivity contribution in [2.75, 3.05) is 18.0 Å². The molecule has 1 aliphatic rings. The molecule has 1 atom stereocenters. The van der Waals surface area contributed by atoms with Gasteiger partial charge in [-0.05, 0) is 48.6 Å². The molecule has 0 radical (unpaired) electrons. The van der Waals surface area contributed by atoms with Crippen molar-refractivity contribution in [3.05, 3.63) is 74.6 Å². The zero-order chi connectivity index (χ0) is 19.7. The number of carbonyl (C=O) groups is 1. The number of carbonyl (C=O) groups excluding carboxylic acids is 1. The lowest BCUT2D eigenvalue weighted by molar-refractivity contribution is 0.0928. The molecule has 2 aromatic carbocycles. The second-order valence-corrected chi connectivity index (χ2v) is 7.80. The lowest BCUT2D eigenvalue weighted by Gasteiger charge is -2.35. The molecule has 3 aromatic rings. The van der Waals surface area contributed by atoms with Crippen molar-refractivity contribution in [1.82, 2.24) is 10.3 Å². The van der Waals surface area contributed by atoms with Gasteiger partial charge in [0, 0.05) is 29.5 Å². The van der Waals surface area contributed by atoms with Crippen molar-refractivity contribution >= 4 is 45.6 Å². The van der Waals surface area contributed by atoms with E-state index in [2.05, 4.69) is 15.2 Å². The van der Waals surface area contributed by atoms with Gasteiger partial charge in [-0.2, -0.15) is 0 Å². The van der Waals surface area contributed by atoms with E-state index in [1.165, 1.54) is 0 Å². The summed E-state index contributed by atoms with van der Waals surface area (Å²) in [5.74, 6) is -0.281. The Morgan fingerprint density at radius 3 is 2.79 bits per heavy atom. The first-order valence-corrected chi connectivity index (χ1v) is 9.90. The maximum absolute atomic E-state index is 12.7. The number of benzene rings is 2. The molecule has 4 rings (SSSR count). The quantitative estimate of drug-likeness (QED) is 0.672. The zero-order valence-electron chi connectivity index (χ0n) is 15.0. The van der Waals surface area contributed by atoms with Gasteiger partial charge in [0.1, 0.15) is 5.69 Å². The summed E-state index contributed by atoms with van der Waals surface area (Å²) in [6.45, 7) is 1.51. The predicted molar refractivity (Wildman–Crippen MR) is 114 cm³/mol. The van der Waals surface area contributed by atoms with Crippen LogP contribution in [-0.2, 0) is 0 Å². The Bertz CT molecular complexity index is 1100. The first kappa shape index (κ1) is 18.8.